The first-order chi connectivity index (χ1) is 16.7. The van der Waals surface area contributed by atoms with Crippen molar-refractivity contribution in [1.82, 2.24) is 9.88 Å². The van der Waals surface area contributed by atoms with Gasteiger partial charge in [-0.25, -0.2) is 9.78 Å². The third-order valence-electron chi connectivity index (χ3n) is 6.34. The Hall–Kier alpha value is -3.24. The predicted octanol–water partition coefficient (Wildman–Crippen LogP) is 4.86. The molecule has 1 aromatic heterocycles. The van der Waals surface area contributed by atoms with Crippen molar-refractivity contribution >= 4 is 28.9 Å². The topological polar surface area (TPSA) is 73.7 Å². The number of alkyl halides is 3. The fourth-order valence-electron chi connectivity index (χ4n) is 4.62. The molecule has 1 saturated heterocycles. The van der Waals surface area contributed by atoms with Crippen molar-refractivity contribution in [3.8, 4) is 0 Å². The van der Waals surface area contributed by atoms with E-state index in [1.54, 1.807) is 11.3 Å². The third-order valence-corrected chi connectivity index (χ3v) is 7.11. The average Bonchev–Trinajstić information content (AvgIpc) is 3.43. The predicted molar refractivity (Wildman–Crippen MR) is 126 cm³/mol. The highest BCUT2D eigenvalue weighted by molar-refractivity contribution is 7.09. The van der Waals surface area contributed by atoms with Gasteiger partial charge in [0, 0.05) is 17.3 Å². The van der Waals surface area contributed by atoms with Crippen molar-refractivity contribution in [2.45, 2.75) is 37.5 Å². The molecule has 2 aliphatic rings. The van der Waals surface area contributed by atoms with Crippen molar-refractivity contribution in [2.75, 3.05) is 18.0 Å². The van der Waals surface area contributed by atoms with Crippen LogP contribution in [0.5, 0.6) is 0 Å². The Labute approximate surface area is 204 Å². The number of fused-ring (bicyclic) bond motifs is 2. The Morgan fingerprint density at radius 3 is 2.26 bits per heavy atom. The maximum absolute atomic E-state index is 13.7. The van der Waals surface area contributed by atoms with Crippen LogP contribution in [0, 0.1) is 0 Å². The summed E-state index contributed by atoms with van der Waals surface area (Å²) in [4.78, 5) is 31.4. The highest BCUT2D eigenvalue weighted by atomic mass is 32.1. The van der Waals surface area contributed by atoms with E-state index in [9.17, 15) is 18.0 Å². The first-order valence-corrected chi connectivity index (χ1v) is 11.9. The van der Waals surface area contributed by atoms with Gasteiger partial charge in [0.1, 0.15) is 5.01 Å². The molecule has 0 unspecified atom stereocenters. The highest BCUT2D eigenvalue weighted by Gasteiger charge is 2.51. The minimum Gasteiger partial charge on any atom is -0.475 e. The number of nitrogens with zero attached hydrogens (tertiary/aromatic N) is 3. The lowest BCUT2D eigenvalue weighted by Crippen LogP contribution is -2.48. The van der Waals surface area contributed by atoms with Crippen LogP contribution in [0.25, 0.3) is 0 Å². The number of amides is 1. The number of carboxylic acids is 1. The number of thiazole rings is 1. The molecule has 3 aromatic rings. The second-order valence-corrected chi connectivity index (χ2v) is 9.46. The summed E-state index contributed by atoms with van der Waals surface area (Å²) in [5.41, 5.74) is 3.10. The quantitative estimate of drug-likeness (QED) is 0.551. The molecule has 2 aromatic carbocycles. The number of rotatable bonds is 4. The minimum atomic E-state index is -5.08. The van der Waals surface area contributed by atoms with Crippen LogP contribution in [0.3, 0.4) is 0 Å². The Morgan fingerprint density at radius 2 is 1.66 bits per heavy atom. The Morgan fingerprint density at radius 1 is 1.03 bits per heavy atom. The normalized spacial score (nSPS) is 17.1. The lowest BCUT2D eigenvalue weighted by molar-refractivity contribution is -0.192. The van der Waals surface area contributed by atoms with Crippen molar-refractivity contribution in [3.63, 3.8) is 0 Å². The van der Waals surface area contributed by atoms with E-state index in [-0.39, 0.29) is 11.3 Å². The van der Waals surface area contributed by atoms with Gasteiger partial charge >= 0.3 is 12.1 Å². The Bertz CT molecular complexity index is 1160. The third kappa shape index (κ3) is 5.38. The van der Waals surface area contributed by atoms with Crippen molar-refractivity contribution in [2.24, 2.45) is 0 Å². The van der Waals surface area contributed by atoms with Crippen LogP contribution in [0.4, 0.5) is 18.9 Å². The van der Waals surface area contributed by atoms with Gasteiger partial charge in [-0.1, -0.05) is 48.5 Å². The lowest BCUT2D eigenvalue weighted by atomic mass is 9.73. The van der Waals surface area contributed by atoms with Gasteiger partial charge < -0.3 is 10.0 Å². The molecule has 2 aliphatic heterocycles. The van der Waals surface area contributed by atoms with Gasteiger partial charge in [-0.15, -0.1) is 11.3 Å². The number of carboxylic acid groups (broad SMARTS) is 1. The summed E-state index contributed by atoms with van der Waals surface area (Å²) in [5, 5.41) is 10.3. The summed E-state index contributed by atoms with van der Waals surface area (Å²) in [6, 6.07) is 18.7. The van der Waals surface area contributed by atoms with Crippen molar-refractivity contribution in [3.05, 3.63) is 82.3 Å². The largest absolute Gasteiger partial charge is 0.490 e. The van der Waals surface area contributed by atoms with E-state index < -0.39 is 12.1 Å². The molecule has 1 N–H and O–H groups in total. The number of benzene rings is 2. The summed E-state index contributed by atoms with van der Waals surface area (Å²) in [6.45, 7) is 3.39. The van der Waals surface area contributed by atoms with Crippen LogP contribution in [-0.2, 0) is 28.1 Å². The molecule has 1 amide bonds. The molecule has 5 rings (SSSR count). The van der Waals surface area contributed by atoms with Crippen LogP contribution < -0.4 is 4.90 Å². The summed E-state index contributed by atoms with van der Waals surface area (Å²) >= 11 is 1.70. The molecule has 0 bridgehead atoms. The van der Waals surface area contributed by atoms with E-state index in [2.05, 4.69) is 40.2 Å². The summed E-state index contributed by atoms with van der Waals surface area (Å²) in [7, 11) is 0. The number of hydrogen-bond acceptors (Lipinski definition) is 5. The maximum Gasteiger partial charge on any atom is 0.490 e. The average molecular weight is 504 g/mol. The highest BCUT2D eigenvalue weighted by Crippen LogP contribution is 2.48. The molecule has 1 fully saturated rings. The number of carbonyl (C=O) groups excluding carboxylic acids is 1. The standard InChI is InChI=1S/C23H23N3OS.C2HF3O2/c27-22-23(10-13-25(14-11-23)17-21-24-12-15-28-21)19-8-4-5-9-20(19)26(22)16-18-6-2-1-3-7-18;3-2(4,5)1(6)7/h1-9,12,15H,10-11,13-14,16-17H2;(H,6,7). The van der Waals surface area contributed by atoms with Gasteiger partial charge in [0.25, 0.3) is 0 Å². The minimum absolute atomic E-state index is 0.270. The lowest BCUT2D eigenvalue weighted by Gasteiger charge is -2.38. The monoisotopic (exact) mass is 503 g/mol. The summed E-state index contributed by atoms with van der Waals surface area (Å²) in [5.74, 6) is -2.49. The zero-order chi connectivity index (χ0) is 25.1. The fourth-order valence-corrected chi connectivity index (χ4v) is 5.28. The molecular formula is C25H24F3N3O3S. The molecule has 6 nitrogen and oxygen atoms in total. The van der Waals surface area contributed by atoms with Crippen LogP contribution in [-0.4, -0.2) is 46.1 Å². The Balaban J connectivity index is 0.000000364. The van der Waals surface area contributed by atoms with E-state index in [0.717, 1.165) is 43.2 Å². The molecule has 0 radical (unpaired) electrons. The molecule has 10 heteroatoms. The van der Waals surface area contributed by atoms with Crippen LogP contribution >= 0.6 is 11.3 Å². The smallest absolute Gasteiger partial charge is 0.475 e. The van der Waals surface area contributed by atoms with Crippen LogP contribution in [0.15, 0.2) is 66.2 Å². The van der Waals surface area contributed by atoms with Gasteiger partial charge in [0.2, 0.25) is 5.91 Å². The molecule has 0 atom stereocenters. The number of anilines is 1. The zero-order valence-electron chi connectivity index (χ0n) is 18.7. The second kappa shape index (κ2) is 10.2. The molecule has 3 heterocycles. The number of piperidine rings is 1. The Kier molecular flexibility index (Phi) is 7.23. The zero-order valence-corrected chi connectivity index (χ0v) is 19.6. The summed E-state index contributed by atoms with van der Waals surface area (Å²) in [6.07, 6.45) is -1.47. The fraction of sp³-hybridized carbons (Fsp3) is 0.320. The van der Waals surface area contributed by atoms with Gasteiger partial charge in [-0.2, -0.15) is 13.2 Å². The van der Waals surface area contributed by atoms with Crippen LogP contribution in [0.1, 0.15) is 29.0 Å². The number of aliphatic carboxylic acids is 1. The first kappa shape index (κ1) is 24.9. The molecule has 0 saturated carbocycles. The molecule has 35 heavy (non-hydrogen) atoms. The number of likely N-dealkylation sites (tertiary alicyclic amines) is 1. The van der Waals surface area contributed by atoms with Gasteiger partial charge in [-0.3, -0.25) is 9.69 Å². The number of halogens is 3. The molecular weight excluding hydrogens is 479 g/mol. The number of para-hydroxylation sites is 1. The number of carbonyl (C=O) groups is 2. The van der Waals surface area contributed by atoms with E-state index in [1.807, 2.05) is 40.7 Å². The number of hydrogen-bond donors (Lipinski definition) is 1. The van der Waals surface area contributed by atoms with E-state index >= 15 is 0 Å². The van der Waals surface area contributed by atoms with Gasteiger partial charge in [-0.05, 0) is 43.1 Å². The van der Waals surface area contributed by atoms with E-state index in [1.165, 1.54) is 11.1 Å². The number of aromatic nitrogens is 1. The van der Waals surface area contributed by atoms with E-state index in [0.29, 0.717) is 6.54 Å². The van der Waals surface area contributed by atoms with E-state index in [4.69, 9.17) is 9.90 Å². The van der Waals surface area contributed by atoms with Gasteiger partial charge in [0.15, 0.2) is 0 Å². The van der Waals surface area contributed by atoms with Crippen molar-refractivity contribution < 1.29 is 27.9 Å². The molecule has 0 aliphatic carbocycles. The van der Waals surface area contributed by atoms with Crippen LogP contribution in [0.2, 0.25) is 0 Å². The molecule has 1 spiro atoms. The van der Waals surface area contributed by atoms with Gasteiger partial charge in [0.05, 0.1) is 18.5 Å². The SMILES string of the molecule is O=C(O)C(F)(F)F.O=C1N(Cc2ccccc2)c2ccccc2C12CCN(Cc1nccs1)CC2. The molecule has 184 valence electrons. The first-order valence-electron chi connectivity index (χ1n) is 11.1. The maximum atomic E-state index is 13.7. The summed E-state index contributed by atoms with van der Waals surface area (Å²) < 4.78 is 31.7. The second-order valence-electron chi connectivity index (χ2n) is 8.48. The van der Waals surface area contributed by atoms with Crippen molar-refractivity contribution in [1.29, 1.82) is 0 Å².